The van der Waals surface area contributed by atoms with Gasteiger partial charge in [0.15, 0.2) is 0 Å². The predicted octanol–water partition coefficient (Wildman–Crippen LogP) is 2.20. The molecule has 1 nitrogen and oxygen atoms in total. The molecule has 0 saturated carbocycles. The fraction of sp³-hybridized carbons (Fsp3) is 0.571. The Hall–Kier alpha value is -0.370. The van der Waals surface area contributed by atoms with Crippen LogP contribution in [-0.2, 0) is 6.42 Å². The highest BCUT2D eigenvalue weighted by Gasteiger charge is 1.94. The van der Waals surface area contributed by atoms with Crippen molar-refractivity contribution in [3.8, 4) is 0 Å². The first-order valence-electron chi connectivity index (χ1n) is 3.17. The molecule has 1 heterocycles. The van der Waals surface area contributed by atoms with E-state index in [1.54, 1.807) is 11.3 Å². The Morgan fingerprint density at radius 2 is 2.44 bits per heavy atom. The summed E-state index contributed by atoms with van der Waals surface area (Å²) in [4.78, 5) is 4.26. The molecule has 0 atom stereocenters. The lowest BCUT2D eigenvalue weighted by atomic mass is 10.3. The smallest absolute Gasteiger partial charge is 0.0934 e. The van der Waals surface area contributed by atoms with Crippen LogP contribution in [0, 0.1) is 12.3 Å². The second kappa shape index (κ2) is 2.97. The highest BCUT2D eigenvalue weighted by molar-refractivity contribution is 7.09. The van der Waals surface area contributed by atoms with Gasteiger partial charge in [0.2, 0.25) is 0 Å². The zero-order chi connectivity index (χ0) is 6.69. The number of aromatic nitrogens is 1. The van der Waals surface area contributed by atoms with Crippen LogP contribution in [0.2, 0.25) is 0 Å². The topological polar surface area (TPSA) is 12.9 Å². The second-order valence-corrected chi connectivity index (χ2v) is 2.92. The van der Waals surface area contributed by atoms with Crippen molar-refractivity contribution >= 4 is 11.3 Å². The van der Waals surface area contributed by atoms with Gasteiger partial charge >= 0.3 is 0 Å². The Morgan fingerprint density at radius 3 is 2.89 bits per heavy atom. The van der Waals surface area contributed by atoms with Crippen molar-refractivity contribution in [2.45, 2.75) is 26.7 Å². The first-order valence-corrected chi connectivity index (χ1v) is 3.98. The molecule has 0 aliphatic carbocycles. The first kappa shape index (κ1) is 6.75. The molecule has 2 heteroatoms. The van der Waals surface area contributed by atoms with Crippen LogP contribution in [0.15, 0.2) is 0 Å². The van der Waals surface area contributed by atoms with Crippen molar-refractivity contribution in [2.75, 3.05) is 0 Å². The molecule has 0 fully saturated rings. The van der Waals surface area contributed by atoms with E-state index < -0.39 is 0 Å². The molecule has 0 bridgehead atoms. The van der Waals surface area contributed by atoms with Gasteiger partial charge < -0.3 is 0 Å². The molecule has 0 saturated heterocycles. The summed E-state index contributed by atoms with van der Waals surface area (Å²) in [6, 6.07) is 0. The Balaban J connectivity index is 2.61. The average molecular weight is 140 g/mol. The third-order valence-electron chi connectivity index (χ3n) is 1.07. The molecule has 0 spiro atoms. The lowest BCUT2D eigenvalue weighted by Gasteiger charge is -1.85. The van der Waals surface area contributed by atoms with E-state index in [1.165, 1.54) is 11.4 Å². The molecule has 0 amide bonds. The van der Waals surface area contributed by atoms with E-state index in [2.05, 4.69) is 17.3 Å². The van der Waals surface area contributed by atoms with Crippen molar-refractivity contribution < 1.29 is 0 Å². The number of hydrogen-bond donors (Lipinski definition) is 0. The summed E-state index contributed by atoms with van der Waals surface area (Å²) in [5.41, 5.74) is 1.03. The van der Waals surface area contributed by atoms with Gasteiger partial charge in [0.25, 0.3) is 0 Å². The maximum Gasteiger partial charge on any atom is 0.0934 e. The molecule has 1 aromatic rings. The highest BCUT2D eigenvalue weighted by atomic mass is 32.1. The SMILES string of the molecule is CCCc1nc(C)[c]s1. The summed E-state index contributed by atoms with van der Waals surface area (Å²) >= 11 is 1.64. The summed E-state index contributed by atoms with van der Waals surface area (Å²) in [5, 5.41) is 4.30. The van der Waals surface area contributed by atoms with Gasteiger partial charge in [-0.3, -0.25) is 0 Å². The molecule has 0 aromatic carbocycles. The number of nitrogens with zero attached hydrogens (tertiary/aromatic N) is 1. The lowest BCUT2D eigenvalue weighted by molar-refractivity contribution is 0.903. The summed E-state index contributed by atoms with van der Waals surface area (Å²) in [6.07, 6.45) is 2.29. The van der Waals surface area contributed by atoms with Gasteiger partial charge in [-0.15, -0.1) is 11.3 Å². The van der Waals surface area contributed by atoms with Crippen LogP contribution in [0.5, 0.6) is 0 Å². The zero-order valence-corrected chi connectivity index (χ0v) is 6.59. The summed E-state index contributed by atoms with van der Waals surface area (Å²) in [6.45, 7) is 4.15. The third kappa shape index (κ3) is 1.79. The Bertz CT molecular complexity index is 181. The molecule has 0 N–H and O–H groups in total. The summed E-state index contributed by atoms with van der Waals surface area (Å²) in [7, 11) is 0. The number of aryl methyl sites for hydroxylation is 2. The molecule has 49 valence electrons. The van der Waals surface area contributed by atoms with Crippen LogP contribution >= 0.6 is 11.3 Å². The third-order valence-corrected chi connectivity index (χ3v) is 2.00. The van der Waals surface area contributed by atoms with Crippen molar-refractivity contribution in [3.63, 3.8) is 0 Å². The van der Waals surface area contributed by atoms with Gasteiger partial charge in [0.05, 0.1) is 16.1 Å². The van der Waals surface area contributed by atoms with Gasteiger partial charge in [-0.25, -0.2) is 4.98 Å². The molecule has 1 aromatic heterocycles. The molecular weight excluding hydrogens is 130 g/mol. The standard InChI is InChI=1S/C7H10NS/c1-3-4-7-8-6(2)5-9-7/h3-4H2,1-2H3. The van der Waals surface area contributed by atoms with E-state index >= 15 is 0 Å². The maximum atomic E-state index is 4.26. The normalized spacial score (nSPS) is 10.0. The molecule has 1 rings (SSSR count). The van der Waals surface area contributed by atoms with Crippen molar-refractivity contribution in [1.82, 2.24) is 4.98 Å². The number of hydrogen-bond acceptors (Lipinski definition) is 2. The van der Waals surface area contributed by atoms with Crippen molar-refractivity contribution in [2.24, 2.45) is 0 Å². The molecular formula is C7H10NS. The molecule has 1 radical (unpaired) electrons. The highest BCUT2D eigenvalue weighted by Crippen LogP contribution is 2.08. The summed E-state index contributed by atoms with van der Waals surface area (Å²) < 4.78 is 0. The van der Waals surface area contributed by atoms with Crippen LogP contribution in [0.1, 0.15) is 24.0 Å². The van der Waals surface area contributed by atoms with Crippen LogP contribution < -0.4 is 0 Å². The Morgan fingerprint density at radius 1 is 1.67 bits per heavy atom. The van der Waals surface area contributed by atoms with E-state index in [-0.39, 0.29) is 0 Å². The molecule has 0 aliphatic heterocycles. The minimum atomic E-state index is 1.03. The maximum absolute atomic E-state index is 4.26. The van der Waals surface area contributed by atoms with Crippen molar-refractivity contribution in [1.29, 1.82) is 0 Å². The van der Waals surface area contributed by atoms with E-state index in [1.807, 2.05) is 6.92 Å². The van der Waals surface area contributed by atoms with Crippen molar-refractivity contribution in [3.05, 3.63) is 16.1 Å². The van der Waals surface area contributed by atoms with E-state index in [0.717, 1.165) is 12.1 Å². The number of rotatable bonds is 2. The van der Waals surface area contributed by atoms with Crippen LogP contribution in [0.4, 0.5) is 0 Å². The van der Waals surface area contributed by atoms with Crippen LogP contribution in [0.3, 0.4) is 0 Å². The van der Waals surface area contributed by atoms with E-state index in [0.29, 0.717) is 0 Å². The first-order chi connectivity index (χ1) is 4.33. The number of thiazole rings is 1. The van der Waals surface area contributed by atoms with Crippen LogP contribution in [-0.4, -0.2) is 4.98 Å². The van der Waals surface area contributed by atoms with E-state index in [9.17, 15) is 0 Å². The molecule has 0 unspecified atom stereocenters. The fourth-order valence-corrected chi connectivity index (χ4v) is 1.49. The molecule has 0 aliphatic rings. The minimum Gasteiger partial charge on any atom is -0.246 e. The monoisotopic (exact) mass is 140 g/mol. The lowest BCUT2D eigenvalue weighted by Crippen LogP contribution is -1.79. The summed E-state index contributed by atoms with van der Waals surface area (Å²) in [5.74, 6) is 0. The van der Waals surface area contributed by atoms with Gasteiger partial charge in [-0.2, -0.15) is 0 Å². The quantitative estimate of drug-likeness (QED) is 0.613. The molecule has 9 heavy (non-hydrogen) atoms. The largest absolute Gasteiger partial charge is 0.246 e. The van der Waals surface area contributed by atoms with Gasteiger partial charge in [-0.05, 0) is 19.8 Å². The predicted molar refractivity (Wildman–Crippen MR) is 39.7 cm³/mol. The van der Waals surface area contributed by atoms with E-state index in [4.69, 9.17) is 0 Å². The van der Waals surface area contributed by atoms with Gasteiger partial charge in [-0.1, -0.05) is 6.92 Å². The Labute approximate surface area is 59.8 Å². The Kier molecular flexibility index (Phi) is 2.22. The minimum absolute atomic E-state index is 1.03. The average Bonchev–Trinajstić information content (AvgIpc) is 2.17. The van der Waals surface area contributed by atoms with Gasteiger partial charge in [0.1, 0.15) is 0 Å². The van der Waals surface area contributed by atoms with Gasteiger partial charge in [0, 0.05) is 0 Å². The zero-order valence-electron chi connectivity index (χ0n) is 5.77. The second-order valence-electron chi connectivity index (χ2n) is 2.05. The fourth-order valence-electron chi connectivity index (χ4n) is 0.686. The van der Waals surface area contributed by atoms with Crippen LogP contribution in [0.25, 0.3) is 0 Å².